The number of ether oxygens (including phenoxy) is 2. The standard InChI is InChI=1S/C13H19NO3/c1-4-16-13(15)14-7-8-17-12-9-10(2)5-6-11(12)3/h5-6,9H,4,7-8H2,1-3H3,(H,14,15). The highest BCUT2D eigenvalue weighted by Gasteiger charge is 2.01. The maximum atomic E-state index is 11.0. The topological polar surface area (TPSA) is 47.6 Å². The van der Waals surface area contributed by atoms with Crippen LogP contribution in [0.2, 0.25) is 0 Å². The minimum absolute atomic E-state index is 0.379. The number of amides is 1. The lowest BCUT2D eigenvalue weighted by molar-refractivity contribution is 0.150. The average molecular weight is 237 g/mol. The molecular formula is C13H19NO3. The van der Waals surface area contributed by atoms with Gasteiger partial charge >= 0.3 is 6.09 Å². The normalized spacial score (nSPS) is 9.82. The van der Waals surface area contributed by atoms with Gasteiger partial charge in [0.15, 0.2) is 0 Å². The van der Waals surface area contributed by atoms with Gasteiger partial charge in [-0.25, -0.2) is 4.79 Å². The lowest BCUT2D eigenvalue weighted by atomic mass is 10.1. The Morgan fingerprint density at radius 1 is 1.35 bits per heavy atom. The summed E-state index contributed by atoms with van der Waals surface area (Å²) in [7, 11) is 0. The molecule has 0 saturated heterocycles. The Kier molecular flexibility index (Phi) is 5.33. The molecule has 94 valence electrons. The van der Waals surface area contributed by atoms with Gasteiger partial charge in [0.25, 0.3) is 0 Å². The van der Waals surface area contributed by atoms with Gasteiger partial charge in [-0.15, -0.1) is 0 Å². The van der Waals surface area contributed by atoms with Gasteiger partial charge in [-0.1, -0.05) is 12.1 Å². The SMILES string of the molecule is CCOC(=O)NCCOc1cc(C)ccc1C. The Bertz CT molecular complexity index is 377. The van der Waals surface area contributed by atoms with E-state index in [0.29, 0.717) is 19.8 Å². The molecule has 1 amide bonds. The first-order valence-electron chi connectivity index (χ1n) is 5.74. The number of alkyl carbamates (subject to hydrolysis) is 1. The van der Waals surface area contributed by atoms with E-state index in [0.717, 1.165) is 16.9 Å². The summed E-state index contributed by atoms with van der Waals surface area (Å²) < 4.78 is 10.3. The molecule has 17 heavy (non-hydrogen) atoms. The predicted molar refractivity (Wildman–Crippen MR) is 66.4 cm³/mol. The Morgan fingerprint density at radius 2 is 2.12 bits per heavy atom. The largest absolute Gasteiger partial charge is 0.491 e. The van der Waals surface area contributed by atoms with Crippen LogP contribution in [0.3, 0.4) is 0 Å². The minimum Gasteiger partial charge on any atom is -0.491 e. The second kappa shape index (κ2) is 6.78. The molecular weight excluding hydrogens is 218 g/mol. The summed E-state index contributed by atoms with van der Waals surface area (Å²) in [5.41, 5.74) is 2.25. The fourth-order valence-electron chi connectivity index (χ4n) is 1.36. The van der Waals surface area contributed by atoms with E-state index in [1.165, 1.54) is 0 Å². The Hall–Kier alpha value is -1.71. The molecule has 1 aromatic carbocycles. The molecule has 0 spiro atoms. The van der Waals surface area contributed by atoms with Crippen LogP contribution >= 0.6 is 0 Å². The van der Waals surface area contributed by atoms with E-state index in [-0.39, 0.29) is 0 Å². The van der Waals surface area contributed by atoms with Crippen LogP contribution in [0.4, 0.5) is 4.79 Å². The molecule has 1 rings (SSSR count). The van der Waals surface area contributed by atoms with Crippen molar-refractivity contribution in [2.45, 2.75) is 20.8 Å². The average Bonchev–Trinajstić information content (AvgIpc) is 2.29. The highest BCUT2D eigenvalue weighted by atomic mass is 16.5. The number of nitrogens with one attached hydrogen (secondary N) is 1. The molecule has 0 aliphatic carbocycles. The van der Waals surface area contributed by atoms with Crippen molar-refractivity contribution in [2.24, 2.45) is 0 Å². The first-order chi connectivity index (χ1) is 8.13. The summed E-state index contributed by atoms with van der Waals surface area (Å²) in [5, 5.41) is 2.60. The van der Waals surface area contributed by atoms with Crippen LogP contribution in [0, 0.1) is 13.8 Å². The van der Waals surface area contributed by atoms with Gasteiger partial charge in [0, 0.05) is 0 Å². The zero-order chi connectivity index (χ0) is 12.7. The van der Waals surface area contributed by atoms with Gasteiger partial charge in [0.05, 0.1) is 13.2 Å². The van der Waals surface area contributed by atoms with E-state index in [2.05, 4.69) is 5.32 Å². The third kappa shape index (κ3) is 4.76. The lowest BCUT2D eigenvalue weighted by Gasteiger charge is -2.10. The highest BCUT2D eigenvalue weighted by Crippen LogP contribution is 2.18. The quantitative estimate of drug-likeness (QED) is 0.800. The van der Waals surface area contributed by atoms with E-state index in [4.69, 9.17) is 9.47 Å². The van der Waals surface area contributed by atoms with Crippen LogP contribution in [0.15, 0.2) is 18.2 Å². The fraction of sp³-hybridized carbons (Fsp3) is 0.462. The van der Waals surface area contributed by atoms with Crippen LogP contribution in [-0.2, 0) is 4.74 Å². The van der Waals surface area contributed by atoms with Crippen LogP contribution in [0.5, 0.6) is 5.75 Å². The maximum Gasteiger partial charge on any atom is 0.407 e. The molecule has 0 saturated carbocycles. The molecule has 4 heteroatoms. The molecule has 0 bridgehead atoms. The van der Waals surface area contributed by atoms with Gasteiger partial charge in [0.1, 0.15) is 12.4 Å². The van der Waals surface area contributed by atoms with E-state index in [1.807, 2.05) is 32.0 Å². The Labute approximate surface area is 102 Å². The number of aryl methyl sites for hydroxylation is 2. The molecule has 0 aliphatic rings. The minimum atomic E-state index is -0.405. The van der Waals surface area contributed by atoms with Gasteiger partial charge in [-0.3, -0.25) is 0 Å². The van der Waals surface area contributed by atoms with Crippen LogP contribution in [-0.4, -0.2) is 25.9 Å². The van der Waals surface area contributed by atoms with E-state index in [9.17, 15) is 4.79 Å². The van der Waals surface area contributed by atoms with Crippen molar-refractivity contribution in [3.8, 4) is 5.75 Å². The summed E-state index contributed by atoms with van der Waals surface area (Å²) in [6.45, 7) is 7.03. The van der Waals surface area contributed by atoms with Crippen molar-refractivity contribution >= 4 is 6.09 Å². The molecule has 4 nitrogen and oxygen atoms in total. The first kappa shape index (κ1) is 13.4. The van der Waals surface area contributed by atoms with Crippen molar-refractivity contribution in [1.29, 1.82) is 0 Å². The van der Waals surface area contributed by atoms with E-state index >= 15 is 0 Å². The summed E-state index contributed by atoms with van der Waals surface area (Å²) in [5.74, 6) is 0.857. The Balaban J connectivity index is 2.31. The summed E-state index contributed by atoms with van der Waals surface area (Å²) in [6, 6.07) is 6.04. The lowest BCUT2D eigenvalue weighted by Crippen LogP contribution is -2.28. The Morgan fingerprint density at radius 3 is 2.82 bits per heavy atom. The molecule has 0 heterocycles. The number of benzene rings is 1. The van der Waals surface area contributed by atoms with Crippen molar-refractivity contribution in [3.05, 3.63) is 29.3 Å². The van der Waals surface area contributed by atoms with Gasteiger partial charge in [0.2, 0.25) is 0 Å². The fourth-order valence-corrected chi connectivity index (χ4v) is 1.36. The van der Waals surface area contributed by atoms with E-state index < -0.39 is 6.09 Å². The highest BCUT2D eigenvalue weighted by molar-refractivity contribution is 5.66. The molecule has 0 aromatic heterocycles. The molecule has 0 fully saturated rings. The molecule has 0 unspecified atom stereocenters. The van der Waals surface area contributed by atoms with Gasteiger partial charge in [-0.2, -0.15) is 0 Å². The van der Waals surface area contributed by atoms with Crippen LogP contribution in [0.25, 0.3) is 0 Å². The number of rotatable bonds is 5. The third-order valence-corrected chi connectivity index (χ3v) is 2.25. The van der Waals surface area contributed by atoms with Crippen LogP contribution < -0.4 is 10.1 Å². The maximum absolute atomic E-state index is 11.0. The third-order valence-electron chi connectivity index (χ3n) is 2.25. The molecule has 1 aromatic rings. The van der Waals surface area contributed by atoms with Crippen molar-refractivity contribution < 1.29 is 14.3 Å². The second-order valence-electron chi connectivity index (χ2n) is 3.76. The van der Waals surface area contributed by atoms with Gasteiger partial charge in [-0.05, 0) is 38.0 Å². The van der Waals surface area contributed by atoms with Crippen molar-refractivity contribution in [1.82, 2.24) is 5.32 Å². The second-order valence-corrected chi connectivity index (χ2v) is 3.76. The van der Waals surface area contributed by atoms with E-state index in [1.54, 1.807) is 6.92 Å². The van der Waals surface area contributed by atoms with Crippen molar-refractivity contribution in [2.75, 3.05) is 19.8 Å². The summed E-state index contributed by atoms with van der Waals surface area (Å²) >= 11 is 0. The first-order valence-corrected chi connectivity index (χ1v) is 5.74. The molecule has 0 atom stereocenters. The zero-order valence-electron chi connectivity index (χ0n) is 10.6. The summed E-state index contributed by atoms with van der Waals surface area (Å²) in [4.78, 5) is 11.0. The van der Waals surface area contributed by atoms with Gasteiger partial charge < -0.3 is 14.8 Å². The number of carbonyl (C=O) groups excluding carboxylic acids is 1. The van der Waals surface area contributed by atoms with Crippen LogP contribution in [0.1, 0.15) is 18.1 Å². The molecule has 1 N–H and O–H groups in total. The predicted octanol–water partition coefficient (Wildman–Crippen LogP) is 2.43. The monoisotopic (exact) mass is 237 g/mol. The smallest absolute Gasteiger partial charge is 0.407 e. The molecule has 0 radical (unpaired) electrons. The molecule has 0 aliphatic heterocycles. The summed E-state index contributed by atoms with van der Waals surface area (Å²) in [6.07, 6.45) is -0.405. The number of hydrogen-bond donors (Lipinski definition) is 1. The number of carbonyl (C=O) groups is 1. The number of hydrogen-bond acceptors (Lipinski definition) is 3. The van der Waals surface area contributed by atoms with Crippen molar-refractivity contribution in [3.63, 3.8) is 0 Å². The zero-order valence-corrected chi connectivity index (χ0v) is 10.6.